The summed E-state index contributed by atoms with van der Waals surface area (Å²) in [7, 11) is 0. The molecule has 2 aliphatic rings. The molecule has 3 aromatic rings. The number of carbonyl (C=O) groups is 1. The van der Waals surface area contributed by atoms with E-state index in [1.54, 1.807) is 0 Å². The van der Waals surface area contributed by atoms with Crippen LogP contribution < -0.4 is 0 Å². The Hall–Kier alpha value is -2.91. The molecule has 3 aromatic carbocycles. The molecule has 0 spiro atoms. The largest absolute Gasteiger partial charge is 0.342 e. The maximum atomic E-state index is 13.8. The highest BCUT2D eigenvalue weighted by atomic mass is 16.2. The first-order chi connectivity index (χ1) is 16.7. The Labute approximate surface area is 204 Å². The number of amides is 1. The topological polar surface area (TPSA) is 23.6 Å². The summed E-state index contributed by atoms with van der Waals surface area (Å²) < 4.78 is 0. The molecule has 2 saturated heterocycles. The third-order valence-corrected chi connectivity index (χ3v) is 7.76. The van der Waals surface area contributed by atoms with Gasteiger partial charge in [0.15, 0.2) is 0 Å². The molecule has 0 radical (unpaired) electrons. The minimum Gasteiger partial charge on any atom is -0.342 e. The molecule has 1 amide bonds. The molecule has 2 heterocycles. The summed E-state index contributed by atoms with van der Waals surface area (Å²) >= 11 is 0. The van der Waals surface area contributed by atoms with Crippen molar-refractivity contribution in [1.29, 1.82) is 0 Å². The Bertz CT molecular complexity index is 1060. The number of rotatable bonds is 6. The van der Waals surface area contributed by atoms with Gasteiger partial charge < -0.3 is 4.90 Å². The molecule has 3 heteroatoms. The Morgan fingerprint density at radius 2 is 1.41 bits per heavy atom. The first-order valence-corrected chi connectivity index (χ1v) is 12.8. The molecule has 2 aliphatic heterocycles. The summed E-state index contributed by atoms with van der Waals surface area (Å²) in [5.74, 6) is 1.34. The Morgan fingerprint density at radius 3 is 2.06 bits per heavy atom. The first kappa shape index (κ1) is 22.9. The fourth-order valence-corrected chi connectivity index (χ4v) is 5.80. The van der Waals surface area contributed by atoms with Gasteiger partial charge in [0.05, 0.1) is 5.92 Å². The number of likely N-dealkylation sites (tertiary alicyclic amines) is 2. The highest BCUT2D eigenvalue weighted by Gasteiger charge is 2.40. The van der Waals surface area contributed by atoms with Gasteiger partial charge in [0, 0.05) is 38.6 Å². The monoisotopic (exact) mass is 452 g/mol. The molecule has 0 N–H and O–H groups in total. The first-order valence-electron chi connectivity index (χ1n) is 12.8. The Morgan fingerprint density at radius 1 is 0.794 bits per heavy atom. The lowest BCUT2D eigenvalue weighted by Gasteiger charge is -2.34. The van der Waals surface area contributed by atoms with Gasteiger partial charge in [-0.3, -0.25) is 9.69 Å². The summed E-state index contributed by atoms with van der Waals surface area (Å²) in [5.41, 5.74) is 5.31. The second-order valence-corrected chi connectivity index (χ2v) is 10.3. The number of carbonyl (C=O) groups excluding carboxylic acids is 1. The number of piperidine rings is 1. The number of nitrogens with zero attached hydrogens (tertiary/aromatic N) is 2. The molecule has 2 atom stereocenters. The van der Waals surface area contributed by atoms with Crippen molar-refractivity contribution < 1.29 is 4.79 Å². The highest BCUT2D eigenvalue weighted by molar-refractivity contribution is 5.80. The summed E-state index contributed by atoms with van der Waals surface area (Å²) in [4.78, 5) is 18.5. The van der Waals surface area contributed by atoms with Crippen LogP contribution in [0.1, 0.15) is 41.0 Å². The molecule has 2 unspecified atom stereocenters. The Balaban J connectivity index is 1.26. The SMILES string of the molecule is Cc1ccc(C2CN(Cc3ccccc3)CC2C(=O)N2CCC(Cc3ccccc3)CC2)cc1. The van der Waals surface area contributed by atoms with E-state index in [9.17, 15) is 4.79 Å². The number of aryl methyl sites for hydroxylation is 1. The predicted octanol–water partition coefficient (Wildman–Crippen LogP) is 5.69. The van der Waals surface area contributed by atoms with Crippen molar-refractivity contribution in [2.75, 3.05) is 26.2 Å². The van der Waals surface area contributed by atoms with Crippen molar-refractivity contribution >= 4 is 5.91 Å². The van der Waals surface area contributed by atoms with Crippen LogP contribution in [0.3, 0.4) is 0 Å². The second kappa shape index (κ2) is 10.6. The minimum atomic E-state index is 0.0390. The van der Waals surface area contributed by atoms with Crippen LogP contribution in [0.2, 0.25) is 0 Å². The fraction of sp³-hybridized carbons (Fsp3) is 0.387. The van der Waals surface area contributed by atoms with Crippen LogP contribution in [0.5, 0.6) is 0 Å². The molecule has 0 saturated carbocycles. The lowest BCUT2D eigenvalue weighted by atomic mass is 9.86. The van der Waals surface area contributed by atoms with E-state index in [1.165, 1.54) is 22.3 Å². The summed E-state index contributed by atoms with van der Waals surface area (Å²) in [5, 5.41) is 0. The average molecular weight is 453 g/mol. The summed E-state index contributed by atoms with van der Waals surface area (Å²) in [6.07, 6.45) is 3.34. The van der Waals surface area contributed by atoms with Crippen LogP contribution in [0.25, 0.3) is 0 Å². The van der Waals surface area contributed by atoms with E-state index >= 15 is 0 Å². The molecular formula is C31H36N2O. The quantitative estimate of drug-likeness (QED) is 0.480. The van der Waals surface area contributed by atoms with Crippen LogP contribution in [0.15, 0.2) is 84.9 Å². The van der Waals surface area contributed by atoms with Gasteiger partial charge in [-0.25, -0.2) is 0 Å². The molecule has 5 rings (SSSR count). The lowest BCUT2D eigenvalue weighted by Crippen LogP contribution is -2.43. The minimum absolute atomic E-state index is 0.0390. The third kappa shape index (κ3) is 5.42. The third-order valence-electron chi connectivity index (χ3n) is 7.76. The van der Waals surface area contributed by atoms with Crippen LogP contribution in [0, 0.1) is 18.8 Å². The van der Waals surface area contributed by atoms with Gasteiger partial charge in [0.1, 0.15) is 0 Å². The summed E-state index contributed by atoms with van der Waals surface area (Å²) in [6.45, 7) is 6.61. The molecular weight excluding hydrogens is 416 g/mol. The maximum absolute atomic E-state index is 13.8. The predicted molar refractivity (Wildman–Crippen MR) is 139 cm³/mol. The van der Waals surface area contributed by atoms with Crippen molar-refractivity contribution in [2.45, 2.75) is 38.6 Å². The van der Waals surface area contributed by atoms with Crippen LogP contribution in [0.4, 0.5) is 0 Å². The molecule has 176 valence electrons. The molecule has 34 heavy (non-hydrogen) atoms. The second-order valence-electron chi connectivity index (χ2n) is 10.3. The van der Waals surface area contributed by atoms with Crippen LogP contribution in [-0.4, -0.2) is 41.9 Å². The Kier molecular flexibility index (Phi) is 7.10. The van der Waals surface area contributed by atoms with E-state index < -0.39 is 0 Å². The smallest absolute Gasteiger partial charge is 0.227 e. The van der Waals surface area contributed by atoms with Gasteiger partial charge in [0.2, 0.25) is 5.91 Å². The summed E-state index contributed by atoms with van der Waals surface area (Å²) in [6, 6.07) is 30.3. The maximum Gasteiger partial charge on any atom is 0.227 e. The average Bonchev–Trinajstić information content (AvgIpc) is 3.29. The van der Waals surface area contributed by atoms with Gasteiger partial charge in [-0.2, -0.15) is 0 Å². The van der Waals surface area contributed by atoms with Gasteiger partial charge >= 0.3 is 0 Å². The van der Waals surface area contributed by atoms with E-state index in [1.807, 2.05) is 0 Å². The van der Waals surface area contributed by atoms with E-state index in [4.69, 9.17) is 0 Å². The fourth-order valence-electron chi connectivity index (χ4n) is 5.80. The normalized spacial score (nSPS) is 21.6. The number of benzene rings is 3. The van der Waals surface area contributed by atoms with Crippen LogP contribution in [-0.2, 0) is 17.8 Å². The van der Waals surface area contributed by atoms with E-state index in [-0.39, 0.29) is 11.8 Å². The van der Waals surface area contributed by atoms with Crippen molar-refractivity contribution in [3.63, 3.8) is 0 Å². The zero-order chi connectivity index (χ0) is 23.3. The lowest BCUT2D eigenvalue weighted by molar-refractivity contribution is -0.137. The molecule has 3 nitrogen and oxygen atoms in total. The number of hydrogen-bond donors (Lipinski definition) is 0. The van der Waals surface area contributed by atoms with Gasteiger partial charge in [-0.1, -0.05) is 90.5 Å². The van der Waals surface area contributed by atoms with E-state index in [2.05, 4.69) is 102 Å². The molecule has 0 aromatic heterocycles. The zero-order valence-corrected chi connectivity index (χ0v) is 20.3. The van der Waals surface area contributed by atoms with Crippen molar-refractivity contribution in [1.82, 2.24) is 9.80 Å². The highest BCUT2D eigenvalue weighted by Crippen LogP contribution is 2.36. The zero-order valence-electron chi connectivity index (χ0n) is 20.3. The van der Waals surface area contributed by atoms with Crippen molar-refractivity contribution in [2.24, 2.45) is 11.8 Å². The standard InChI is InChI=1S/C31H36N2O/c1-24-12-14-28(15-13-24)29-22-32(21-27-10-6-3-7-11-27)23-30(29)31(34)33-18-16-26(17-19-33)20-25-8-4-2-5-9-25/h2-15,26,29-30H,16-23H2,1H3. The molecule has 0 aliphatic carbocycles. The van der Waals surface area contributed by atoms with Gasteiger partial charge in [-0.05, 0) is 48.8 Å². The van der Waals surface area contributed by atoms with E-state index in [0.29, 0.717) is 11.8 Å². The van der Waals surface area contributed by atoms with Gasteiger partial charge in [-0.15, -0.1) is 0 Å². The van der Waals surface area contributed by atoms with Crippen molar-refractivity contribution in [3.8, 4) is 0 Å². The van der Waals surface area contributed by atoms with Gasteiger partial charge in [0.25, 0.3) is 0 Å². The van der Waals surface area contributed by atoms with Crippen molar-refractivity contribution in [3.05, 3.63) is 107 Å². The van der Waals surface area contributed by atoms with Crippen LogP contribution >= 0.6 is 0 Å². The number of hydrogen-bond acceptors (Lipinski definition) is 2. The van der Waals surface area contributed by atoms with E-state index in [0.717, 1.165) is 52.0 Å². The molecule has 0 bridgehead atoms. The molecule has 2 fully saturated rings.